The zero-order valence-corrected chi connectivity index (χ0v) is 15.8. The lowest BCUT2D eigenvalue weighted by Crippen LogP contribution is -2.56. The monoisotopic (exact) mass is 355 g/mol. The van der Waals surface area contributed by atoms with Gasteiger partial charge in [-0.1, -0.05) is 18.2 Å². The van der Waals surface area contributed by atoms with Crippen LogP contribution in [0.2, 0.25) is 0 Å². The van der Waals surface area contributed by atoms with E-state index in [0.29, 0.717) is 24.2 Å². The molecule has 1 aromatic rings. The fourth-order valence-corrected chi connectivity index (χ4v) is 6.07. The molecule has 0 aromatic heterocycles. The number of carboxylic acid groups (broad SMARTS) is 1. The molecule has 1 amide bonds. The van der Waals surface area contributed by atoms with E-state index in [4.69, 9.17) is 0 Å². The molecule has 1 atom stereocenters. The van der Waals surface area contributed by atoms with Crippen LogP contribution in [0.25, 0.3) is 0 Å². The van der Waals surface area contributed by atoms with Crippen molar-refractivity contribution in [3.8, 4) is 0 Å². The SMILES string of the molecule is Cc1ccc(C[C@@H](NC(=O)C23CC4CC(CC(C4)C2)C3)C(=O)O)cc1C. The van der Waals surface area contributed by atoms with Crippen molar-refractivity contribution < 1.29 is 14.7 Å². The zero-order valence-electron chi connectivity index (χ0n) is 15.8. The molecule has 4 fully saturated rings. The van der Waals surface area contributed by atoms with Gasteiger partial charge in [0.15, 0.2) is 0 Å². The van der Waals surface area contributed by atoms with Crippen LogP contribution in [0.3, 0.4) is 0 Å². The summed E-state index contributed by atoms with van der Waals surface area (Å²) in [4.78, 5) is 25.0. The van der Waals surface area contributed by atoms with Gasteiger partial charge < -0.3 is 10.4 Å². The number of benzene rings is 1. The summed E-state index contributed by atoms with van der Waals surface area (Å²) in [6.07, 6.45) is 7.05. The second kappa shape index (κ2) is 6.40. The van der Waals surface area contributed by atoms with E-state index in [1.165, 1.54) is 24.8 Å². The van der Waals surface area contributed by atoms with Crippen molar-refractivity contribution in [2.24, 2.45) is 23.2 Å². The number of aryl methyl sites for hydroxylation is 2. The number of carbonyl (C=O) groups excluding carboxylic acids is 1. The number of carboxylic acids is 1. The van der Waals surface area contributed by atoms with Crippen LogP contribution in [0, 0.1) is 37.0 Å². The van der Waals surface area contributed by atoms with Crippen molar-refractivity contribution in [1.29, 1.82) is 0 Å². The number of amides is 1. The van der Waals surface area contributed by atoms with Crippen molar-refractivity contribution in [1.82, 2.24) is 5.32 Å². The maximum Gasteiger partial charge on any atom is 0.326 e. The fourth-order valence-electron chi connectivity index (χ4n) is 6.07. The van der Waals surface area contributed by atoms with Gasteiger partial charge in [-0.3, -0.25) is 4.79 Å². The quantitative estimate of drug-likeness (QED) is 0.847. The van der Waals surface area contributed by atoms with Gasteiger partial charge in [-0.05, 0) is 86.8 Å². The topological polar surface area (TPSA) is 66.4 Å². The summed E-state index contributed by atoms with van der Waals surface area (Å²) in [6.45, 7) is 4.07. The first kappa shape index (κ1) is 17.6. The van der Waals surface area contributed by atoms with Crippen molar-refractivity contribution in [2.45, 2.75) is 64.8 Å². The van der Waals surface area contributed by atoms with E-state index in [9.17, 15) is 14.7 Å². The van der Waals surface area contributed by atoms with E-state index in [-0.39, 0.29) is 11.3 Å². The predicted molar refractivity (Wildman–Crippen MR) is 99.8 cm³/mol. The first-order chi connectivity index (χ1) is 12.3. The Labute approximate surface area is 155 Å². The molecule has 2 N–H and O–H groups in total. The van der Waals surface area contributed by atoms with Crippen molar-refractivity contribution >= 4 is 11.9 Å². The first-order valence-electron chi connectivity index (χ1n) is 9.94. The van der Waals surface area contributed by atoms with E-state index in [2.05, 4.69) is 5.32 Å². The average Bonchev–Trinajstić information content (AvgIpc) is 2.56. The Morgan fingerprint density at radius 2 is 1.65 bits per heavy atom. The van der Waals surface area contributed by atoms with E-state index in [1.54, 1.807) is 0 Å². The molecule has 0 radical (unpaired) electrons. The number of carbonyl (C=O) groups is 2. The highest BCUT2D eigenvalue weighted by molar-refractivity contribution is 5.88. The molecule has 140 valence electrons. The molecule has 1 aromatic carbocycles. The van der Waals surface area contributed by atoms with Crippen LogP contribution in [0.15, 0.2) is 18.2 Å². The molecule has 0 unspecified atom stereocenters. The highest BCUT2D eigenvalue weighted by Gasteiger charge is 2.54. The fraction of sp³-hybridized carbons (Fsp3) is 0.636. The Hall–Kier alpha value is -1.84. The van der Waals surface area contributed by atoms with Crippen molar-refractivity contribution in [2.75, 3.05) is 0 Å². The number of hydrogen-bond acceptors (Lipinski definition) is 2. The summed E-state index contributed by atoms with van der Waals surface area (Å²) in [5.74, 6) is 1.08. The Kier molecular flexibility index (Phi) is 4.32. The summed E-state index contributed by atoms with van der Waals surface area (Å²) >= 11 is 0. The van der Waals surface area contributed by atoms with Crippen LogP contribution in [0.5, 0.6) is 0 Å². The summed E-state index contributed by atoms with van der Waals surface area (Å²) in [5, 5.41) is 12.6. The molecule has 4 aliphatic rings. The molecule has 4 bridgehead atoms. The van der Waals surface area contributed by atoms with Gasteiger partial charge in [0.1, 0.15) is 6.04 Å². The average molecular weight is 355 g/mol. The molecular formula is C22H29NO3. The number of rotatable bonds is 5. The molecule has 0 saturated heterocycles. The maximum atomic E-state index is 13.1. The minimum atomic E-state index is -0.943. The smallest absolute Gasteiger partial charge is 0.326 e. The van der Waals surface area contributed by atoms with E-state index in [0.717, 1.165) is 30.4 Å². The van der Waals surface area contributed by atoms with E-state index >= 15 is 0 Å². The zero-order chi connectivity index (χ0) is 18.5. The van der Waals surface area contributed by atoms with Crippen LogP contribution in [-0.4, -0.2) is 23.0 Å². The summed E-state index contributed by atoms with van der Waals surface area (Å²) in [5.41, 5.74) is 3.01. The lowest BCUT2D eigenvalue weighted by Gasteiger charge is -2.55. The Bertz CT molecular complexity index is 704. The van der Waals surface area contributed by atoms with Gasteiger partial charge in [-0.2, -0.15) is 0 Å². The molecule has 0 aliphatic heterocycles. The van der Waals surface area contributed by atoms with Crippen LogP contribution in [0.4, 0.5) is 0 Å². The van der Waals surface area contributed by atoms with Crippen molar-refractivity contribution in [3.05, 3.63) is 34.9 Å². The largest absolute Gasteiger partial charge is 0.480 e. The minimum absolute atomic E-state index is 0.00664. The normalized spacial score (nSPS) is 33.1. The third-order valence-electron chi connectivity index (χ3n) is 7.13. The van der Waals surface area contributed by atoms with Gasteiger partial charge in [0.05, 0.1) is 0 Å². The van der Waals surface area contributed by atoms with Gasteiger partial charge in [0, 0.05) is 11.8 Å². The van der Waals surface area contributed by atoms with Gasteiger partial charge in [0.25, 0.3) is 0 Å². The van der Waals surface area contributed by atoms with E-state index < -0.39 is 12.0 Å². The maximum absolute atomic E-state index is 13.1. The standard InChI is InChI=1S/C22H29NO3/c1-13-3-4-15(5-14(13)2)9-19(20(24)25)23-21(26)22-10-16-6-17(11-22)8-18(7-16)12-22/h3-5,16-19H,6-12H2,1-2H3,(H,23,26)(H,24,25)/t16?,17?,18?,19-,22?/m1/s1. The molecule has 4 nitrogen and oxygen atoms in total. The third kappa shape index (κ3) is 3.15. The van der Waals surface area contributed by atoms with Crippen LogP contribution in [0.1, 0.15) is 55.2 Å². The van der Waals surface area contributed by atoms with E-state index in [1.807, 2.05) is 32.0 Å². The van der Waals surface area contributed by atoms with Gasteiger partial charge in [-0.25, -0.2) is 4.79 Å². The lowest BCUT2D eigenvalue weighted by atomic mass is 9.49. The van der Waals surface area contributed by atoms with Gasteiger partial charge >= 0.3 is 5.97 Å². The molecule has 4 heteroatoms. The minimum Gasteiger partial charge on any atom is -0.480 e. The number of nitrogens with one attached hydrogen (secondary N) is 1. The van der Waals surface area contributed by atoms with Crippen LogP contribution < -0.4 is 5.32 Å². The number of aliphatic carboxylic acids is 1. The summed E-state index contributed by atoms with van der Waals surface area (Å²) in [6, 6.07) is 5.17. The molecule has 26 heavy (non-hydrogen) atoms. The second-order valence-electron chi connectivity index (χ2n) is 9.18. The third-order valence-corrected chi connectivity index (χ3v) is 7.13. The molecular weight excluding hydrogens is 326 g/mol. The Balaban J connectivity index is 1.49. The molecule has 5 rings (SSSR count). The Morgan fingerprint density at radius 3 is 2.15 bits per heavy atom. The van der Waals surface area contributed by atoms with Crippen LogP contribution >= 0.6 is 0 Å². The van der Waals surface area contributed by atoms with Crippen molar-refractivity contribution in [3.63, 3.8) is 0 Å². The molecule has 0 spiro atoms. The number of hydrogen-bond donors (Lipinski definition) is 2. The first-order valence-corrected chi connectivity index (χ1v) is 9.94. The summed E-state index contributed by atoms with van der Waals surface area (Å²) < 4.78 is 0. The summed E-state index contributed by atoms with van der Waals surface area (Å²) in [7, 11) is 0. The van der Waals surface area contributed by atoms with Gasteiger partial charge in [0.2, 0.25) is 5.91 Å². The van der Waals surface area contributed by atoms with Crippen LogP contribution in [-0.2, 0) is 16.0 Å². The highest BCUT2D eigenvalue weighted by Crippen LogP contribution is 2.60. The molecule has 0 heterocycles. The second-order valence-corrected chi connectivity index (χ2v) is 9.18. The molecule has 4 aliphatic carbocycles. The lowest BCUT2D eigenvalue weighted by molar-refractivity contribution is -0.151. The molecule has 4 saturated carbocycles. The predicted octanol–water partition coefficient (Wildman–Crippen LogP) is 3.63. The Morgan fingerprint density at radius 1 is 1.08 bits per heavy atom. The van der Waals surface area contributed by atoms with Gasteiger partial charge in [-0.15, -0.1) is 0 Å². The highest BCUT2D eigenvalue weighted by atomic mass is 16.4.